The van der Waals surface area contributed by atoms with Crippen LogP contribution in [0.25, 0.3) is 19.5 Å². The van der Waals surface area contributed by atoms with Gasteiger partial charge in [-0.3, -0.25) is 14.5 Å². The molecule has 8 heteroatoms. The minimum atomic E-state index is -2.34. The number of unbranched alkanes of at least 4 members (excludes halogenated alkanes) is 14. The van der Waals surface area contributed by atoms with Gasteiger partial charge in [-0.2, -0.15) is 0 Å². The van der Waals surface area contributed by atoms with E-state index in [0.717, 1.165) is 22.6 Å². The molecule has 0 spiro atoms. The van der Waals surface area contributed by atoms with Crippen molar-refractivity contribution in [2.45, 2.75) is 176 Å². The first kappa shape index (κ1) is 42.8. The van der Waals surface area contributed by atoms with E-state index in [1.54, 1.807) is 36.0 Å². The van der Waals surface area contributed by atoms with Crippen LogP contribution in [0, 0.1) is 19.8 Å². The second-order valence-electron chi connectivity index (χ2n) is 16.6. The number of carbonyl (C=O) groups is 2. The summed E-state index contributed by atoms with van der Waals surface area (Å²) in [5.74, 6) is 0.565. The number of imide groups is 1. The molecule has 55 heavy (non-hydrogen) atoms. The van der Waals surface area contributed by atoms with Crippen LogP contribution in [0.3, 0.4) is 0 Å². The Balaban J connectivity index is 1.28. The molecule has 2 atom stereocenters. The zero-order chi connectivity index (χ0) is 39.0. The molecule has 2 aliphatic heterocycles. The van der Waals surface area contributed by atoms with Gasteiger partial charge in [0.25, 0.3) is 11.8 Å². The van der Waals surface area contributed by atoms with Gasteiger partial charge in [0.1, 0.15) is 0 Å². The Labute approximate surface area is 350 Å². The Morgan fingerprint density at radius 3 is 1.89 bits per heavy atom. The smallest absolute Gasteiger partial charge is 0.263 e. The van der Waals surface area contributed by atoms with Crippen molar-refractivity contribution in [1.82, 2.24) is 4.90 Å². The van der Waals surface area contributed by atoms with Crippen LogP contribution >= 0.6 is 45.3 Å². The number of carbonyl (C=O) groups excluding carboxylic acids is 2. The lowest BCUT2D eigenvalue weighted by Crippen LogP contribution is -2.64. The summed E-state index contributed by atoms with van der Waals surface area (Å²) < 4.78 is 1.63. The van der Waals surface area contributed by atoms with Gasteiger partial charge in [0.2, 0.25) is 0 Å². The third kappa shape index (κ3) is 9.24. The van der Waals surface area contributed by atoms with Gasteiger partial charge >= 0.3 is 0 Å². The van der Waals surface area contributed by atoms with Crippen LogP contribution in [0.2, 0.25) is 6.04 Å². The maximum Gasteiger partial charge on any atom is 0.263 e. The fourth-order valence-corrected chi connectivity index (χ4v) is 22.2. The van der Waals surface area contributed by atoms with E-state index >= 15 is 0 Å². The van der Waals surface area contributed by atoms with Crippen LogP contribution in [0.15, 0.2) is 24.3 Å². The molecule has 300 valence electrons. The highest BCUT2D eigenvalue weighted by Crippen LogP contribution is 2.49. The van der Waals surface area contributed by atoms with Crippen molar-refractivity contribution in [3.8, 4) is 19.5 Å². The summed E-state index contributed by atoms with van der Waals surface area (Å²) in [7, 11) is -2.34. The third-order valence-electron chi connectivity index (χ3n) is 12.4. The highest BCUT2D eigenvalue weighted by Gasteiger charge is 2.52. The van der Waals surface area contributed by atoms with Gasteiger partial charge in [-0.25, -0.2) is 0 Å². The quantitative estimate of drug-likeness (QED) is 0.0379. The molecule has 0 saturated carbocycles. The Morgan fingerprint density at radius 2 is 1.22 bits per heavy atom. The molecule has 2 aliphatic rings. The van der Waals surface area contributed by atoms with Crippen molar-refractivity contribution in [2.75, 3.05) is 6.54 Å². The van der Waals surface area contributed by atoms with Crippen LogP contribution in [0.5, 0.6) is 0 Å². The number of aryl methyl sites for hydroxylation is 3. The Hall–Kier alpha value is -1.84. The van der Waals surface area contributed by atoms with E-state index in [4.69, 9.17) is 0 Å². The van der Waals surface area contributed by atoms with E-state index < -0.39 is 8.07 Å². The fraction of sp³-hybridized carbons (Fsp3) is 0.617. The molecule has 2 unspecified atom stereocenters. The molecule has 0 N–H and O–H groups in total. The minimum absolute atomic E-state index is 0.0625. The van der Waals surface area contributed by atoms with Gasteiger partial charge in [-0.05, 0) is 73.6 Å². The molecule has 4 aromatic rings. The summed E-state index contributed by atoms with van der Waals surface area (Å²) in [4.78, 5) is 38.8. The summed E-state index contributed by atoms with van der Waals surface area (Å²) in [6.45, 7) is 14.2. The number of thiophene rings is 4. The zero-order valence-corrected chi connectivity index (χ0v) is 39.1. The summed E-state index contributed by atoms with van der Waals surface area (Å²) >= 11 is 7.68. The first-order chi connectivity index (χ1) is 26.8. The first-order valence-corrected chi connectivity index (χ1v) is 27.6. The summed E-state index contributed by atoms with van der Waals surface area (Å²) in [5, 5.41) is 3.23. The van der Waals surface area contributed by atoms with E-state index in [1.807, 2.05) is 22.7 Å². The van der Waals surface area contributed by atoms with Crippen molar-refractivity contribution in [1.29, 1.82) is 0 Å². The zero-order valence-electron chi connectivity index (χ0n) is 34.8. The molecule has 0 aromatic carbocycles. The number of rotatable bonds is 25. The number of hydrogen-bond donors (Lipinski definition) is 0. The van der Waals surface area contributed by atoms with Gasteiger partial charge in [-0.1, -0.05) is 143 Å². The standard InChI is InChI=1S/C47H67NO2S4Si/c1-7-11-14-16-17-18-19-20-22-24-29-48-46(49)41-34(6)52-43(42(41)47(48)50)37-31-39-45(54-37)44-38(30-33(5)51-44)55(39,32-35(10-4)25-13-9-3)40-28-27-36(53-40)26-23-21-15-12-8-2/h27-28,30-31,35H,7-26,29,32H2,1-6H3. The second-order valence-corrected chi connectivity index (χ2v) is 25.5. The Kier molecular flexibility index (Phi) is 15.7. The molecule has 4 aromatic heterocycles. The van der Waals surface area contributed by atoms with Crippen LogP contribution in [-0.4, -0.2) is 31.3 Å². The van der Waals surface area contributed by atoms with Crippen LogP contribution in [0.1, 0.15) is 185 Å². The number of amides is 2. The van der Waals surface area contributed by atoms with E-state index in [9.17, 15) is 9.59 Å². The van der Waals surface area contributed by atoms with Crippen molar-refractivity contribution >= 4 is 80.1 Å². The van der Waals surface area contributed by atoms with Gasteiger partial charge < -0.3 is 0 Å². The van der Waals surface area contributed by atoms with Crippen LogP contribution in [-0.2, 0) is 6.42 Å². The highest BCUT2D eigenvalue weighted by molar-refractivity contribution is 7.39. The van der Waals surface area contributed by atoms with Crippen molar-refractivity contribution in [2.24, 2.45) is 5.92 Å². The van der Waals surface area contributed by atoms with Gasteiger partial charge in [0, 0.05) is 40.3 Å². The van der Waals surface area contributed by atoms with Crippen molar-refractivity contribution < 1.29 is 9.59 Å². The number of fused-ring (bicyclic) bond motifs is 4. The summed E-state index contributed by atoms with van der Waals surface area (Å²) in [5.41, 5.74) is 1.36. The van der Waals surface area contributed by atoms with Crippen molar-refractivity contribution in [3.63, 3.8) is 0 Å². The van der Waals surface area contributed by atoms with Gasteiger partial charge in [0.15, 0.2) is 8.07 Å². The van der Waals surface area contributed by atoms with Crippen LogP contribution in [0.4, 0.5) is 0 Å². The summed E-state index contributed by atoms with van der Waals surface area (Å²) in [6, 6.07) is 11.4. The fourth-order valence-electron chi connectivity index (χ4n) is 9.24. The van der Waals surface area contributed by atoms with Gasteiger partial charge in [0.05, 0.1) is 16.0 Å². The number of nitrogens with zero attached hydrogens (tertiary/aromatic N) is 1. The first-order valence-electron chi connectivity index (χ1n) is 22.1. The predicted molar refractivity (Wildman–Crippen MR) is 247 cm³/mol. The molecule has 0 bridgehead atoms. The molecule has 0 radical (unpaired) electrons. The van der Waals surface area contributed by atoms with E-state index in [0.29, 0.717) is 23.6 Å². The molecule has 6 heterocycles. The summed E-state index contributed by atoms with van der Waals surface area (Å²) in [6.07, 6.45) is 25.3. The Morgan fingerprint density at radius 1 is 0.618 bits per heavy atom. The monoisotopic (exact) mass is 833 g/mol. The average molecular weight is 834 g/mol. The van der Waals surface area contributed by atoms with Gasteiger partial charge in [-0.15, -0.1) is 45.3 Å². The lowest BCUT2D eigenvalue weighted by Gasteiger charge is -2.32. The minimum Gasteiger partial charge on any atom is -0.274 e. The normalized spacial score (nSPS) is 16.7. The SMILES string of the molecule is CCCCCCCCCCCCN1C(=O)c2c(C)sc(-c3cc4c(s3)-c3sc(C)cc3[Si]4(CC(CC)CCCC)c3ccc(CCCCCCC)s3)c2C1=O. The Bertz CT molecular complexity index is 1880. The topological polar surface area (TPSA) is 37.4 Å². The van der Waals surface area contributed by atoms with Crippen LogP contribution < -0.4 is 14.9 Å². The highest BCUT2D eigenvalue weighted by atomic mass is 32.1. The molecule has 6 rings (SSSR count). The van der Waals surface area contributed by atoms with E-state index in [2.05, 4.69) is 77.1 Å². The molecule has 0 aliphatic carbocycles. The van der Waals surface area contributed by atoms with E-state index in [-0.39, 0.29) is 11.8 Å². The lowest BCUT2D eigenvalue weighted by molar-refractivity contribution is 0.0651. The molecule has 0 saturated heterocycles. The van der Waals surface area contributed by atoms with E-state index in [1.165, 1.54) is 141 Å². The molecule has 2 amide bonds. The van der Waals surface area contributed by atoms with Crippen molar-refractivity contribution in [3.05, 3.63) is 50.0 Å². The molecular weight excluding hydrogens is 767 g/mol. The lowest BCUT2D eigenvalue weighted by atomic mass is 10.0. The predicted octanol–water partition coefficient (Wildman–Crippen LogP) is 13.9. The number of hydrogen-bond acceptors (Lipinski definition) is 6. The maximum absolute atomic E-state index is 14.2. The largest absolute Gasteiger partial charge is 0.274 e. The molecule has 3 nitrogen and oxygen atoms in total. The molecular formula is C47H67NO2S4Si. The second kappa shape index (κ2) is 20.2. The molecule has 0 fully saturated rings. The maximum atomic E-state index is 14.2. The third-order valence-corrected chi connectivity index (χ3v) is 23.6. The average Bonchev–Trinajstić information content (AvgIpc) is 4.03.